The maximum atomic E-state index is 13.4. The van der Waals surface area contributed by atoms with Crippen LogP contribution in [0.25, 0.3) is 0 Å². The van der Waals surface area contributed by atoms with Crippen molar-refractivity contribution in [3.8, 4) is 0 Å². The number of rotatable bonds is 15. The van der Waals surface area contributed by atoms with Crippen LogP contribution in [-0.4, -0.2) is 82.0 Å². The summed E-state index contributed by atoms with van der Waals surface area (Å²) in [6, 6.07) is 4.78. The van der Waals surface area contributed by atoms with Gasteiger partial charge in [-0.05, 0) is 50.6 Å². The number of unbranched alkanes of at least 4 members (excludes halogenated alkanes) is 1. The van der Waals surface area contributed by atoms with Crippen molar-refractivity contribution < 1.29 is 34.2 Å². The van der Waals surface area contributed by atoms with Crippen molar-refractivity contribution >= 4 is 29.7 Å². The zero-order valence-corrected chi connectivity index (χ0v) is 20.8. The summed E-state index contributed by atoms with van der Waals surface area (Å²) >= 11 is 0. The van der Waals surface area contributed by atoms with Gasteiger partial charge in [-0.25, -0.2) is 4.79 Å². The van der Waals surface area contributed by atoms with Gasteiger partial charge in [-0.15, -0.1) is 0 Å². The fourth-order valence-electron chi connectivity index (χ4n) is 4.26. The Kier molecular flexibility index (Phi) is 12.0. The number of carbonyl (C=O) groups excluding carboxylic acids is 3. The van der Waals surface area contributed by atoms with Gasteiger partial charge in [0.05, 0.1) is 6.04 Å². The molecule has 1 heterocycles. The molecule has 37 heavy (non-hydrogen) atoms. The van der Waals surface area contributed by atoms with Gasteiger partial charge >= 0.3 is 11.9 Å². The summed E-state index contributed by atoms with van der Waals surface area (Å²) in [4.78, 5) is 63.0. The minimum Gasteiger partial charge on any atom is -0.481 e. The Morgan fingerprint density at radius 3 is 2.32 bits per heavy atom. The normalized spacial score (nSPS) is 17.5. The molecule has 2 rings (SSSR count). The van der Waals surface area contributed by atoms with E-state index in [0.29, 0.717) is 32.2 Å². The molecule has 0 aromatic heterocycles. The van der Waals surface area contributed by atoms with Crippen molar-refractivity contribution in [1.29, 1.82) is 0 Å². The summed E-state index contributed by atoms with van der Waals surface area (Å²) in [5.74, 6) is -3.96. The lowest BCUT2D eigenvalue weighted by molar-refractivity contribution is -0.145. The first-order chi connectivity index (χ1) is 17.6. The molecule has 12 heteroatoms. The number of likely N-dealkylation sites (tertiary alicyclic amines) is 1. The minimum atomic E-state index is -1.18. The SMILES string of the molecule is NCCCCC(NC(=O)C(N)CCC(=O)O)C(=O)N1CCCC1C(=O)NC(Cc1ccccc1)C(=O)O. The van der Waals surface area contributed by atoms with E-state index < -0.39 is 53.8 Å². The molecule has 4 atom stereocenters. The summed E-state index contributed by atoms with van der Waals surface area (Å²) in [5.41, 5.74) is 12.1. The molecule has 0 radical (unpaired) electrons. The molecule has 1 saturated heterocycles. The highest BCUT2D eigenvalue weighted by Gasteiger charge is 2.39. The molecule has 1 aliphatic heterocycles. The molecule has 0 aliphatic carbocycles. The summed E-state index contributed by atoms with van der Waals surface area (Å²) in [7, 11) is 0. The first-order valence-corrected chi connectivity index (χ1v) is 12.5. The molecule has 1 aromatic carbocycles. The van der Waals surface area contributed by atoms with Crippen molar-refractivity contribution in [2.45, 2.75) is 75.5 Å². The number of nitrogens with two attached hydrogens (primary N) is 2. The third-order valence-electron chi connectivity index (χ3n) is 6.30. The molecule has 1 aliphatic rings. The summed E-state index contributed by atoms with van der Waals surface area (Å²) in [5, 5.41) is 23.6. The van der Waals surface area contributed by atoms with Gasteiger partial charge in [-0.3, -0.25) is 19.2 Å². The van der Waals surface area contributed by atoms with E-state index in [1.165, 1.54) is 4.90 Å². The second-order valence-electron chi connectivity index (χ2n) is 9.16. The number of hydrogen-bond donors (Lipinski definition) is 6. The van der Waals surface area contributed by atoms with Crippen LogP contribution in [-0.2, 0) is 30.4 Å². The predicted octanol–water partition coefficient (Wildman–Crippen LogP) is -0.405. The first kappa shape index (κ1) is 29.7. The molecular weight excluding hydrogens is 482 g/mol. The number of carboxylic acids is 2. The van der Waals surface area contributed by atoms with Gasteiger partial charge in [0, 0.05) is 19.4 Å². The average molecular weight is 520 g/mol. The van der Waals surface area contributed by atoms with Crippen molar-refractivity contribution in [2.75, 3.05) is 13.1 Å². The third-order valence-corrected chi connectivity index (χ3v) is 6.30. The van der Waals surface area contributed by atoms with Crippen molar-refractivity contribution in [1.82, 2.24) is 15.5 Å². The fourth-order valence-corrected chi connectivity index (χ4v) is 4.26. The third kappa shape index (κ3) is 9.47. The Balaban J connectivity index is 2.10. The Labute approximate surface area is 215 Å². The quantitative estimate of drug-likeness (QED) is 0.166. The maximum absolute atomic E-state index is 13.4. The van der Waals surface area contributed by atoms with Gasteiger partial charge in [0.1, 0.15) is 18.1 Å². The number of aliphatic carboxylic acids is 2. The van der Waals surface area contributed by atoms with Crippen LogP contribution < -0.4 is 22.1 Å². The Hall–Kier alpha value is -3.51. The summed E-state index contributed by atoms with van der Waals surface area (Å²) in [6.07, 6.45) is 2.05. The van der Waals surface area contributed by atoms with Gasteiger partial charge < -0.3 is 37.2 Å². The molecule has 12 nitrogen and oxygen atoms in total. The van der Waals surface area contributed by atoms with E-state index in [9.17, 15) is 29.1 Å². The molecule has 3 amide bonds. The molecule has 4 unspecified atom stereocenters. The number of amides is 3. The van der Waals surface area contributed by atoms with Crippen LogP contribution in [0.1, 0.15) is 50.5 Å². The Bertz CT molecular complexity index is 943. The average Bonchev–Trinajstić information content (AvgIpc) is 3.36. The van der Waals surface area contributed by atoms with Gasteiger partial charge in [-0.1, -0.05) is 30.3 Å². The molecule has 1 aromatic rings. The standard InChI is InChI=1S/C25H37N5O7/c26-13-5-4-9-18(28-22(33)17(27)11-12-21(31)32)24(35)30-14-6-10-20(30)23(34)29-19(25(36)37)15-16-7-2-1-3-8-16/h1-3,7-8,17-20H,4-6,9-15,26-27H2,(H,28,33)(H,29,34)(H,31,32)(H,36,37). The molecular formula is C25H37N5O7. The lowest BCUT2D eigenvalue weighted by Gasteiger charge is -2.30. The van der Waals surface area contributed by atoms with Crippen LogP contribution >= 0.6 is 0 Å². The van der Waals surface area contributed by atoms with Crippen LogP contribution in [0.4, 0.5) is 0 Å². The number of carboxylic acid groups (broad SMARTS) is 2. The van der Waals surface area contributed by atoms with Gasteiger partial charge in [-0.2, -0.15) is 0 Å². The highest BCUT2D eigenvalue weighted by atomic mass is 16.4. The first-order valence-electron chi connectivity index (χ1n) is 12.5. The monoisotopic (exact) mass is 519 g/mol. The Morgan fingerprint density at radius 1 is 1.00 bits per heavy atom. The van der Waals surface area contributed by atoms with E-state index in [4.69, 9.17) is 16.6 Å². The lowest BCUT2D eigenvalue weighted by atomic mass is 10.0. The van der Waals surface area contributed by atoms with Gasteiger partial charge in [0.2, 0.25) is 17.7 Å². The molecule has 0 bridgehead atoms. The second-order valence-corrected chi connectivity index (χ2v) is 9.16. The summed E-state index contributed by atoms with van der Waals surface area (Å²) in [6.45, 7) is 0.682. The van der Waals surface area contributed by atoms with Crippen molar-refractivity contribution in [2.24, 2.45) is 11.5 Å². The summed E-state index contributed by atoms with van der Waals surface area (Å²) < 4.78 is 0. The number of nitrogens with one attached hydrogen (secondary N) is 2. The van der Waals surface area contributed by atoms with Crippen molar-refractivity contribution in [3.63, 3.8) is 0 Å². The van der Waals surface area contributed by atoms with E-state index in [0.717, 1.165) is 5.56 Å². The zero-order chi connectivity index (χ0) is 27.4. The predicted molar refractivity (Wildman–Crippen MR) is 134 cm³/mol. The van der Waals surface area contributed by atoms with Gasteiger partial charge in [0.15, 0.2) is 0 Å². The molecule has 1 fully saturated rings. The molecule has 0 saturated carbocycles. The van der Waals surface area contributed by atoms with E-state index >= 15 is 0 Å². The maximum Gasteiger partial charge on any atom is 0.326 e. The Morgan fingerprint density at radius 2 is 1.70 bits per heavy atom. The van der Waals surface area contributed by atoms with E-state index in [-0.39, 0.29) is 32.2 Å². The number of carbonyl (C=O) groups is 5. The van der Waals surface area contributed by atoms with Crippen LogP contribution in [0, 0.1) is 0 Å². The highest BCUT2D eigenvalue weighted by Crippen LogP contribution is 2.20. The largest absolute Gasteiger partial charge is 0.481 e. The number of hydrogen-bond acceptors (Lipinski definition) is 7. The zero-order valence-electron chi connectivity index (χ0n) is 20.8. The molecule has 204 valence electrons. The number of nitrogens with zero attached hydrogens (tertiary/aromatic N) is 1. The van der Waals surface area contributed by atoms with Crippen LogP contribution in [0.5, 0.6) is 0 Å². The second kappa shape index (κ2) is 14.9. The molecule has 8 N–H and O–H groups in total. The van der Waals surface area contributed by atoms with E-state index in [1.54, 1.807) is 24.3 Å². The van der Waals surface area contributed by atoms with Crippen LogP contribution in [0.2, 0.25) is 0 Å². The van der Waals surface area contributed by atoms with Crippen LogP contribution in [0.3, 0.4) is 0 Å². The minimum absolute atomic E-state index is 0.0857. The van der Waals surface area contributed by atoms with Crippen LogP contribution in [0.15, 0.2) is 30.3 Å². The lowest BCUT2D eigenvalue weighted by Crippen LogP contribution is -2.57. The molecule has 0 spiro atoms. The fraction of sp³-hybridized carbons (Fsp3) is 0.560. The van der Waals surface area contributed by atoms with E-state index in [2.05, 4.69) is 10.6 Å². The topological polar surface area (TPSA) is 205 Å². The van der Waals surface area contributed by atoms with Gasteiger partial charge in [0.25, 0.3) is 0 Å². The van der Waals surface area contributed by atoms with Crippen molar-refractivity contribution in [3.05, 3.63) is 35.9 Å². The smallest absolute Gasteiger partial charge is 0.326 e. The van der Waals surface area contributed by atoms with E-state index in [1.807, 2.05) is 6.07 Å². The number of benzene rings is 1. The highest BCUT2D eigenvalue weighted by molar-refractivity contribution is 5.94.